The van der Waals surface area contributed by atoms with E-state index >= 15 is 0 Å². The molecule has 1 aliphatic heterocycles. The molecule has 1 fully saturated rings. The van der Waals surface area contributed by atoms with Gasteiger partial charge in [0.1, 0.15) is 11.8 Å². The molecule has 0 bridgehead atoms. The Hall–Kier alpha value is -3.03. The summed E-state index contributed by atoms with van der Waals surface area (Å²) in [5.41, 5.74) is 0.919. The first-order valence-corrected chi connectivity index (χ1v) is 8.38. The van der Waals surface area contributed by atoms with Gasteiger partial charge in [-0.05, 0) is 12.1 Å². The quantitative estimate of drug-likeness (QED) is 0.364. The standard InChI is InChI=1S/C20H20N2O5/c1-26-15(27-2)12-22-17(14-10-6-7-11-21-14)16(19(24)20(22)25)18(23)13-8-4-3-5-9-13/h3-11,15,17,23H,12H2,1-2H3/b18-16-. The number of methoxy groups -OCH3 is 2. The first-order valence-electron chi connectivity index (χ1n) is 8.38. The number of nitrogens with zero attached hydrogens (tertiary/aromatic N) is 2. The van der Waals surface area contributed by atoms with E-state index in [1.54, 1.807) is 54.7 Å². The number of benzene rings is 1. The zero-order valence-corrected chi connectivity index (χ0v) is 15.0. The van der Waals surface area contributed by atoms with Crippen LogP contribution in [0.3, 0.4) is 0 Å². The maximum atomic E-state index is 12.8. The van der Waals surface area contributed by atoms with E-state index < -0.39 is 24.0 Å². The zero-order chi connectivity index (χ0) is 19.4. The van der Waals surface area contributed by atoms with E-state index in [9.17, 15) is 14.7 Å². The van der Waals surface area contributed by atoms with E-state index in [0.717, 1.165) is 0 Å². The van der Waals surface area contributed by atoms with Crippen LogP contribution in [0.4, 0.5) is 0 Å². The molecule has 2 aromatic rings. The number of hydrogen-bond acceptors (Lipinski definition) is 6. The molecule has 1 N–H and O–H groups in total. The van der Waals surface area contributed by atoms with Crippen LogP contribution in [0.5, 0.6) is 0 Å². The van der Waals surface area contributed by atoms with E-state index in [-0.39, 0.29) is 17.9 Å². The number of ketones is 1. The predicted molar refractivity (Wildman–Crippen MR) is 97.5 cm³/mol. The van der Waals surface area contributed by atoms with Crippen molar-refractivity contribution in [3.8, 4) is 0 Å². The lowest BCUT2D eigenvalue weighted by molar-refractivity contribution is -0.149. The first kappa shape index (κ1) is 18.8. The molecule has 2 heterocycles. The van der Waals surface area contributed by atoms with Gasteiger partial charge in [-0.3, -0.25) is 14.6 Å². The summed E-state index contributed by atoms with van der Waals surface area (Å²) < 4.78 is 10.4. The van der Waals surface area contributed by atoms with Crippen LogP contribution >= 0.6 is 0 Å². The fourth-order valence-electron chi connectivity index (χ4n) is 3.07. The van der Waals surface area contributed by atoms with Crippen LogP contribution in [-0.4, -0.2) is 53.7 Å². The molecule has 1 unspecified atom stereocenters. The Morgan fingerprint density at radius 1 is 1.11 bits per heavy atom. The number of aromatic nitrogens is 1. The number of rotatable bonds is 6. The SMILES string of the molecule is COC(CN1C(=O)C(=O)/C(=C(\O)c2ccccc2)C1c1ccccn1)OC. The highest BCUT2D eigenvalue weighted by Gasteiger charge is 2.47. The molecule has 1 aromatic heterocycles. The summed E-state index contributed by atoms with van der Waals surface area (Å²) in [5.74, 6) is -1.74. The third-order valence-electron chi connectivity index (χ3n) is 4.43. The number of hydrogen-bond donors (Lipinski definition) is 1. The minimum absolute atomic E-state index is 0.00384. The average molecular weight is 368 g/mol. The monoisotopic (exact) mass is 368 g/mol. The van der Waals surface area contributed by atoms with Crippen molar-refractivity contribution in [3.63, 3.8) is 0 Å². The normalized spacial score (nSPS) is 19.1. The number of carbonyl (C=O) groups is 2. The largest absolute Gasteiger partial charge is 0.507 e. The second-order valence-electron chi connectivity index (χ2n) is 5.97. The van der Waals surface area contributed by atoms with Crippen molar-refractivity contribution >= 4 is 17.4 Å². The second kappa shape index (κ2) is 8.11. The second-order valence-corrected chi connectivity index (χ2v) is 5.97. The van der Waals surface area contributed by atoms with Gasteiger partial charge >= 0.3 is 0 Å². The fraction of sp³-hybridized carbons (Fsp3) is 0.250. The molecule has 1 aliphatic rings. The van der Waals surface area contributed by atoms with E-state index in [1.807, 2.05) is 0 Å². The van der Waals surface area contributed by atoms with Crippen LogP contribution in [0.1, 0.15) is 17.3 Å². The minimum Gasteiger partial charge on any atom is -0.507 e. The lowest BCUT2D eigenvalue weighted by atomic mass is 9.98. The Kier molecular flexibility index (Phi) is 5.63. The van der Waals surface area contributed by atoms with E-state index in [2.05, 4.69) is 4.98 Å². The van der Waals surface area contributed by atoms with Gasteiger partial charge in [-0.15, -0.1) is 0 Å². The van der Waals surface area contributed by atoms with E-state index in [0.29, 0.717) is 11.3 Å². The molecule has 1 amide bonds. The highest BCUT2D eigenvalue weighted by Crippen LogP contribution is 2.38. The summed E-state index contributed by atoms with van der Waals surface area (Å²) in [4.78, 5) is 31.1. The maximum Gasteiger partial charge on any atom is 0.295 e. The number of aliphatic hydroxyl groups is 1. The maximum absolute atomic E-state index is 12.8. The van der Waals surface area contributed by atoms with Gasteiger partial charge in [0.15, 0.2) is 6.29 Å². The fourth-order valence-corrected chi connectivity index (χ4v) is 3.07. The predicted octanol–water partition coefficient (Wildman–Crippen LogP) is 2.12. The molecular formula is C20H20N2O5. The summed E-state index contributed by atoms with van der Waals surface area (Å²) in [5, 5.41) is 10.8. The number of aliphatic hydroxyl groups excluding tert-OH is 1. The molecule has 7 nitrogen and oxygen atoms in total. The molecule has 0 spiro atoms. The van der Waals surface area contributed by atoms with Crippen LogP contribution in [0.25, 0.3) is 5.76 Å². The molecule has 3 rings (SSSR count). The molecular weight excluding hydrogens is 348 g/mol. The van der Waals surface area contributed by atoms with Crippen molar-refractivity contribution < 1.29 is 24.2 Å². The van der Waals surface area contributed by atoms with Crippen molar-refractivity contribution in [1.29, 1.82) is 0 Å². The summed E-state index contributed by atoms with van der Waals surface area (Å²) in [7, 11) is 2.90. The summed E-state index contributed by atoms with van der Waals surface area (Å²) >= 11 is 0. The van der Waals surface area contributed by atoms with Crippen LogP contribution in [0.2, 0.25) is 0 Å². The average Bonchev–Trinajstić information content (AvgIpc) is 2.97. The molecule has 1 aromatic carbocycles. The number of ether oxygens (including phenoxy) is 2. The molecule has 1 saturated heterocycles. The summed E-state index contributed by atoms with van der Waals surface area (Å²) in [6, 6.07) is 13.0. The van der Waals surface area contributed by atoms with Crippen molar-refractivity contribution in [3.05, 3.63) is 71.6 Å². The molecule has 0 saturated carbocycles. The Balaban J connectivity index is 2.14. The van der Waals surface area contributed by atoms with Gasteiger partial charge in [0.2, 0.25) is 0 Å². The summed E-state index contributed by atoms with van der Waals surface area (Å²) in [6.07, 6.45) is 0.855. The van der Waals surface area contributed by atoms with Crippen molar-refractivity contribution in [1.82, 2.24) is 9.88 Å². The molecule has 140 valence electrons. The number of pyridine rings is 1. The highest BCUT2D eigenvalue weighted by molar-refractivity contribution is 6.46. The van der Waals surface area contributed by atoms with Gasteiger partial charge in [0.05, 0.1) is 17.8 Å². The number of amides is 1. The van der Waals surface area contributed by atoms with Crippen molar-refractivity contribution in [2.24, 2.45) is 0 Å². The van der Waals surface area contributed by atoms with Gasteiger partial charge in [-0.2, -0.15) is 0 Å². The van der Waals surface area contributed by atoms with Crippen molar-refractivity contribution in [2.45, 2.75) is 12.3 Å². The zero-order valence-electron chi connectivity index (χ0n) is 15.0. The lowest BCUT2D eigenvalue weighted by Gasteiger charge is -2.27. The van der Waals surface area contributed by atoms with Gasteiger partial charge < -0.3 is 19.5 Å². The van der Waals surface area contributed by atoms with Crippen molar-refractivity contribution in [2.75, 3.05) is 20.8 Å². The molecule has 7 heteroatoms. The Bertz CT molecular complexity index is 847. The minimum atomic E-state index is -0.834. The Morgan fingerprint density at radius 3 is 2.37 bits per heavy atom. The van der Waals surface area contributed by atoms with Gasteiger partial charge in [-0.25, -0.2) is 0 Å². The van der Waals surface area contributed by atoms with Gasteiger partial charge in [0, 0.05) is 26.0 Å². The third kappa shape index (κ3) is 3.60. The molecule has 0 aliphatic carbocycles. The number of Topliss-reactive ketones (excluding diaryl/α,β-unsaturated/α-hetero) is 1. The first-order chi connectivity index (χ1) is 13.1. The molecule has 27 heavy (non-hydrogen) atoms. The Morgan fingerprint density at radius 2 is 1.78 bits per heavy atom. The van der Waals surface area contributed by atoms with Crippen LogP contribution in [-0.2, 0) is 19.1 Å². The number of carbonyl (C=O) groups excluding carboxylic acids is 2. The lowest BCUT2D eigenvalue weighted by Crippen LogP contribution is -2.38. The van der Waals surface area contributed by atoms with Crippen LogP contribution in [0, 0.1) is 0 Å². The molecule has 0 radical (unpaired) electrons. The van der Waals surface area contributed by atoms with Gasteiger partial charge in [-0.1, -0.05) is 36.4 Å². The summed E-state index contributed by atoms with van der Waals surface area (Å²) in [6.45, 7) is 0.0182. The Labute approximate surface area is 156 Å². The molecule has 1 atom stereocenters. The third-order valence-corrected chi connectivity index (χ3v) is 4.43. The van der Waals surface area contributed by atoms with E-state index in [1.165, 1.54) is 19.1 Å². The van der Waals surface area contributed by atoms with Gasteiger partial charge in [0.25, 0.3) is 11.7 Å². The number of likely N-dealkylation sites (tertiary alicyclic amines) is 1. The topological polar surface area (TPSA) is 89.0 Å². The highest BCUT2D eigenvalue weighted by atomic mass is 16.7. The van der Waals surface area contributed by atoms with E-state index in [4.69, 9.17) is 9.47 Å². The smallest absolute Gasteiger partial charge is 0.295 e. The van der Waals surface area contributed by atoms with Crippen LogP contribution in [0.15, 0.2) is 60.3 Å². The van der Waals surface area contributed by atoms with Crippen LogP contribution < -0.4 is 0 Å².